The minimum Gasteiger partial charge on any atom is -0.493 e. The highest BCUT2D eigenvalue weighted by molar-refractivity contribution is 6.31. The lowest BCUT2D eigenvalue weighted by molar-refractivity contribution is 0.275. The molecule has 2 N–H and O–H groups in total. The van der Waals surface area contributed by atoms with E-state index in [0.29, 0.717) is 28.6 Å². The number of unbranched alkanes of at least 4 members (excludes halogenated alkanes) is 1. The third-order valence-corrected chi connectivity index (χ3v) is 4.13. The molecule has 0 atom stereocenters. The predicted octanol–water partition coefficient (Wildman–Crippen LogP) is 3.93. The van der Waals surface area contributed by atoms with E-state index in [0.717, 1.165) is 24.9 Å². The van der Waals surface area contributed by atoms with Crippen molar-refractivity contribution in [1.29, 1.82) is 0 Å². The van der Waals surface area contributed by atoms with E-state index in [1.165, 1.54) is 6.07 Å². The Morgan fingerprint density at radius 2 is 1.96 bits per heavy atom. The molecule has 0 saturated heterocycles. The molecule has 0 aliphatic heterocycles. The summed E-state index contributed by atoms with van der Waals surface area (Å²) >= 11 is 6.06. The molecule has 0 heterocycles. The Bertz CT molecular complexity index is 661. The Balaban J connectivity index is 2.09. The summed E-state index contributed by atoms with van der Waals surface area (Å²) in [5.74, 6) is 0.757. The van der Waals surface area contributed by atoms with Crippen LogP contribution >= 0.6 is 11.6 Å². The first kappa shape index (κ1) is 19.5. The van der Waals surface area contributed by atoms with Crippen molar-refractivity contribution in [2.45, 2.75) is 26.0 Å². The van der Waals surface area contributed by atoms with Crippen LogP contribution < -0.4 is 14.8 Å². The van der Waals surface area contributed by atoms with Gasteiger partial charge in [0.15, 0.2) is 11.5 Å². The summed E-state index contributed by atoms with van der Waals surface area (Å²) in [4.78, 5) is 0. The molecule has 0 fully saturated rings. The first-order valence-electron chi connectivity index (χ1n) is 8.20. The van der Waals surface area contributed by atoms with Gasteiger partial charge in [0.25, 0.3) is 0 Å². The monoisotopic (exact) mass is 367 g/mol. The van der Waals surface area contributed by atoms with E-state index in [4.69, 9.17) is 26.2 Å². The zero-order valence-corrected chi connectivity index (χ0v) is 15.0. The van der Waals surface area contributed by atoms with E-state index in [-0.39, 0.29) is 13.2 Å². The summed E-state index contributed by atoms with van der Waals surface area (Å²) in [5.41, 5.74) is 1.23. The van der Waals surface area contributed by atoms with Crippen molar-refractivity contribution >= 4 is 11.6 Å². The fourth-order valence-corrected chi connectivity index (χ4v) is 2.64. The molecule has 0 saturated carbocycles. The Kier molecular flexibility index (Phi) is 7.98. The Labute approximate surface area is 152 Å². The third kappa shape index (κ3) is 5.59. The predicted molar refractivity (Wildman–Crippen MR) is 96.8 cm³/mol. The van der Waals surface area contributed by atoms with Gasteiger partial charge in [0.05, 0.1) is 12.1 Å². The van der Waals surface area contributed by atoms with Crippen LogP contribution in [0.2, 0.25) is 5.02 Å². The highest BCUT2D eigenvalue weighted by atomic mass is 35.5. The quantitative estimate of drug-likeness (QED) is 0.625. The van der Waals surface area contributed by atoms with Crippen molar-refractivity contribution in [2.24, 2.45) is 0 Å². The lowest BCUT2D eigenvalue weighted by Crippen LogP contribution is -2.16. The van der Waals surface area contributed by atoms with E-state index < -0.39 is 5.82 Å². The van der Waals surface area contributed by atoms with Crippen molar-refractivity contribution in [2.75, 3.05) is 20.3 Å². The van der Waals surface area contributed by atoms with Gasteiger partial charge in [-0.25, -0.2) is 4.39 Å². The van der Waals surface area contributed by atoms with Gasteiger partial charge >= 0.3 is 0 Å². The fraction of sp³-hybridized carbons (Fsp3) is 0.368. The van der Waals surface area contributed by atoms with Crippen LogP contribution in [0.15, 0.2) is 36.4 Å². The van der Waals surface area contributed by atoms with E-state index >= 15 is 0 Å². The Morgan fingerprint density at radius 1 is 1.16 bits per heavy atom. The van der Waals surface area contributed by atoms with Gasteiger partial charge in [-0.15, -0.1) is 0 Å². The average Bonchev–Trinajstić information content (AvgIpc) is 2.61. The van der Waals surface area contributed by atoms with Gasteiger partial charge in [0.2, 0.25) is 0 Å². The number of aliphatic hydroxyl groups is 1. The number of ether oxygens (including phenoxy) is 2. The van der Waals surface area contributed by atoms with Crippen LogP contribution in [-0.4, -0.2) is 25.4 Å². The molecule has 0 aliphatic rings. The lowest BCUT2D eigenvalue weighted by Gasteiger charge is -2.16. The maximum Gasteiger partial charge on any atom is 0.166 e. The number of nitrogens with one attached hydrogen (secondary N) is 1. The van der Waals surface area contributed by atoms with Crippen LogP contribution in [0.4, 0.5) is 4.39 Å². The van der Waals surface area contributed by atoms with Crippen molar-refractivity contribution in [3.05, 3.63) is 58.4 Å². The second-order valence-electron chi connectivity index (χ2n) is 5.54. The van der Waals surface area contributed by atoms with Crippen LogP contribution in [0.5, 0.6) is 11.5 Å². The molecule has 0 aliphatic carbocycles. The molecule has 4 nitrogen and oxygen atoms in total. The summed E-state index contributed by atoms with van der Waals surface area (Å²) in [6.45, 7) is 1.58. The van der Waals surface area contributed by atoms with Gasteiger partial charge in [-0.3, -0.25) is 0 Å². The smallest absolute Gasteiger partial charge is 0.166 e. The molecule has 6 heteroatoms. The van der Waals surface area contributed by atoms with Gasteiger partial charge in [-0.05, 0) is 37.6 Å². The van der Waals surface area contributed by atoms with E-state index in [1.54, 1.807) is 25.3 Å². The van der Waals surface area contributed by atoms with Gasteiger partial charge in [-0.1, -0.05) is 29.8 Å². The van der Waals surface area contributed by atoms with Crippen molar-refractivity contribution in [3.63, 3.8) is 0 Å². The van der Waals surface area contributed by atoms with Gasteiger partial charge < -0.3 is 19.9 Å². The molecule has 0 aromatic heterocycles. The van der Waals surface area contributed by atoms with Crippen LogP contribution in [0.25, 0.3) is 0 Å². The zero-order chi connectivity index (χ0) is 18.1. The molecular weight excluding hydrogens is 345 g/mol. The van der Waals surface area contributed by atoms with Gasteiger partial charge in [0, 0.05) is 24.3 Å². The molecule has 2 aromatic rings. The molecule has 0 amide bonds. The number of hydrogen-bond donors (Lipinski definition) is 2. The SMILES string of the molecule is COc1cccc(CNCCCCO)c1OCc1c(F)cccc1Cl. The number of rotatable bonds is 10. The number of aliphatic hydroxyl groups excluding tert-OH is 1. The average molecular weight is 368 g/mol. The largest absolute Gasteiger partial charge is 0.493 e. The maximum absolute atomic E-state index is 13.9. The minimum absolute atomic E-state index is 0.0173. The standard InChI is InChI=1S/C19H23ClFNO3/c1-24-18-9-4-6-14(12-22-10-2-3-11-23)19(18)25-13-15-16(20)7-5-8-17(15)21/h4-9,22-23H,2-3,10-13H2,1H3. The van der Waals surface area contributed by atoms with Crippen LogP contribution in [0.3, 0.4) is 0 Å². The molecule has 25 heavy (non-hydrogen) atoms. The van der Waals surface area contributed by atoms with Crippen molar-refractivity contribution in [3.8, 4) is 11.5 Å². The molecule has 2 rings (SSSR count). The molecule has 0 spiro atoms. The first-order valence-corrected chi connectivity index (χ1v) is 8.58. The summed E-state index contributed by atoms with van der Waals surface area (Å²) in [6, 6.07) is 10.2. The highest BCUT2D eigenvalue weighted by Gasteiger charge is 2.13. The van der Waals surface area contributed by atoms with Crippen LogP contribution in [-0.2, 0) is 13.2 Å². The minimum atomic E-state index is -0.397. The molecule has 2 aromatic carbocycles. The summed E-state index contributed by atoms with van der Waals surface area (Å²) in [7, 11) is 1.57. The Hall–Kier alpha value is -1.82. The number of para-hydroxylation sites is 1. The molecule has 0 unspecified atom stereocenters. The van der Waals surface area contributed by atoms with Crippen molar-refractivity contribution in [1.82, 2.24) is 5.32 Å². The molecule has 0 radical (unpaired) electrons. The number of benzene rings is 2. The van der Waals surface area contributed by atoms with Crippen molar-refractivity contribution < 1.29 is 19.0 Å². The molecule has 0 bridgehead atoms. The highest BCUT2D eigenvalue weighted by Crippen LogP contribution is 2.32. The van der Waals surface area contributed by atoms with Gasteiger partial charge in [-0.2, -0.15) is 0 Å². The number of hydrogen-bond acceptors (Lipinski definition) is 4. The first-order chi connectivity index (χ1) is 12.2. The molecular formula is C19H23ClFNO3. The lowest BCUT2D eigenvalue weighted by atomic mass is 10.1. The topological polar surface area (TPSA) is 50.7 Å². The summed E-state index contributed by atoms with van der Waals surface area (Å²) in [5, 5.41) is 12.4. The maximum atomic E-state index is 13.9. The van der Waals surface area contributed by atoms with E-state index in [2.05, 4.69) is 5.32 Å². The molecule has 136 valence electrons. The van der Waals surface area contributed by atoms with Crippen LogP contribution in [0, 0.1) is 5.82 Å². The zero-order valence-electron chi connectivity index (χ0n) is 14.2. The second-order valence-corrected chi connectivity index (χ2v) is 5.95. The van der Waals surface area contributed by atoms with E-state index in [1.807, 2.05) is 12.1 Å². The van der Waals surface area contributed by atoms with E-state index in [9.17, 15) is 4.39 Å². The number of halogens is 2. The normalized spacial score (nSPS) is 10.7. The third-order valence-electron chi connectivity index (χ3n) is 3.78. The fourth-order valence-electron chi connectivity index (χ4n) is 2.42. The summed E-state index contributed by atoms with van der Waals surface area (Å²) in [6.07, 6.45) is 1.65. The van der Waals surface area contributed by atoms with Crippen LogP contribution in [0.1, 0.15) is 24.0 Å². The second kappa shape index (κ2) is 10.2. The summed E-state index contributed by atoms with van der Waals surface area (Å²) < 4.78 is 25.2. The van der Waals surface area contributed by atoms with Gasteiger partial charge in [0.1, 0.15) is 12.4 Å². The Morgan fingerprint density at radius 3 is 2.68 bits per heavy atom. The number of methoxy groups -OCH3 is 1.